The van der Waals surface area contributed by atoms with E-state index >= 15 is 0 Å². The van der Waals surface area contributed by atoms with Crippen LogP contribution in [-0.2, 0) is 41.7 Å². The third-order valence-electron chi connectivity index (χ3n) is 7.06. The first-order valence-corrected chi connectivity index (χ1v) is 14.7. The van der Waals surface area contributed by atoms with Gasteiger partial charge < -0.3 is 36.4 Å². The third-order valence-corrected chi connectivity index (χ3v) is 7.06. The zero-order chi connectivity index (χ0) is 34.9. The molecule has 2 aromatic carbocycles. The van der Waals surface area contributed by atoms with Crippen LogP contribution in [0, 0.1) is 0 Å². The molecule has 2 rings (SSSR count). The average Bonchev–Trinajstić information content (AvgIpc) is 2.95. The van der Waals surface area contributed by atoms with Crippen molar-refractivity contribution in [3.63, 3.8) is 0 Å². The van der Waals surface area contributed by atoms with Crippen molar-refractivity contribution in [2.45, 2.75) is 96.6 Å². The van der Waals surface area contributed by atoms with E-state index in [1.165, 1.54) is 55.4 Å². The number of alkyl carbamates (subject to hydrolysis) is 1. The highest BCUT2D eigenvalue weighted by Crippen LogP contribution is 2.14. The van der Waals surface area contributed by atoms with Gasteiger partial charge in [-0.3, -0.25) is 19.2 Å². The second-order valence-corrected chi connectivity index (χ2v) is 13.1. The summed E-state index contributed by atoms with van der Waals surface area (Å²) >= 11 is 0. The first-order chi connectivity index (χ1) is 21.2. The molecule has 0 unspecified atom stereocenters. The Morgan fingerprint density at radius 3 is 1.43 bits per heavy atom. The molecule has 0 aliphatic rings. The Kier molecular flexibility index (Phi) is 12.1. The Morgan fingerprint density at radius 2 is 1.00 bits per heavy atom. The molecule has 0 radical (unpaired) electrons. The number of nitrogens with one attached hydrogen (secondary N) is 5. The van der Waals surface area contributed by atoms with Crippen LogP contribution in [-0.4, -0.2) is 69.0 Å². The predicted molar refractivity (Wildman–Crippen MR) is 170 cm³/mol. The Bertz CT molecular complexity index is 1420. The summed E-state index contributed by atoms with van der Waals surface area (Å²) in [7, 11) is 0. The molecular formula is C33H45N5O8. The van der Waals surface area contributed by atoms with Gasteiger partial charge in [-0.05, 0) is 66.5 Å². The van der Waals surface area contributed by atoms with Crippen LogP contribution in [0.1, 0.15) is 66.5 Å². The first-order valence-electron chi connectivity index (χ1n) is 14.7. The number of carboxylic acid groups (broad SMARTS) is 1. The molecule has 0 heterocycles. The number of carboxylic acids is 1. The van der Waals surface area contributed by atoms with Gasteiger partial charge in [-0.15, -0.1) is 0 Å². The topological polar surface area (TPSA) is 192 Å². The van der Waals surface area contributed by atoms with Gasteiger partial charge >= 0.3 is 12.1 Å². The molecule has 0 aliphatic heterocycles. The highest BCUT2D eigenvalue weighted by atomic mass is 16.5. The maximum Gasteiger partial charge on any atom is 0.408 e. The molecular weight excluding hydrogens is 594 g/mol. The molecule has 0 aromatic heterocycles. The molecule has 0 saturated heterocycles. The maximum atomic E-state index is 13.5. The number of amides is 5. The summed E-state index contributed by atoms with van der Waals surface area (Å²) in [5.74, 6) is -4.13. The van der Waals surface area contributed by atoms with E-state index in [1.807, 2.05) is 12.1 Å². The van der Waals surface area contributed by atoms with Crippen molar-refractivity contribution in [3.8, 4) is 0 Å². The molecule has 0 saturated carbocycles. The number of carbonyl (C=O) groups excluding carboxylic acids is 5. The lowest BCUT2D eigenvalue weighted by Crippen LogP contribution is -2.67. The van der Waals surface area contributed by atoms with E-state index in [9.17, 15) is 33.9 Å². The van der Waals surface area contributed by atoms with Crippen molar-refractivity contribution in [3.05, 3.63) is 71.8 Å². The summed E-state index contributed by atoms with van der Waals surface area (Å²) in [6.07, 6.45) is -0.715. The lowest BCUT2D eigenvalue weighted by molar-refractivity contribution is -0.147. The van der Waals surface area contributed by atoms with Crippen molar-refractivity contribution >= 4 is 35.7 Å². The molecule has 6 N–H and O–H groups in total. The second-order valence-electron chi connectivity index (χ2n) is 13.1. The van der Waals surface area contributed by atoms with Crippen molar-refractivity contribution in [2.75, 3.05) is 0 Å². The largest absolute Gasteiger partial charge is 0.480 e. The number of rotatable bonds is 14. The van der Waals surface area contributed by atoms with Crippen molar-refractivity contribution in [2.24, 2.45) is 0 Å². The number of hydrogen-bond donors (Lipinski definition) is 6. The minimum atomic E-state index is -1.59. The number of carbonyl (C=O) groups is 6. The standard InChI is InChI=1S/C33H45N5O8/c1-30(2,25(40)36-31(3,4)26(41)37-32(5,6)27(42)38-33(7,8)28(43)44)35-24(39)23(19-21-15-11-9-12-16-21)34-29(45)46-20-22-17-13-10-14-18-22/h9-18,23H,19-20H2,1-8H3,(H,34,45)(H,35,39)(H,36,40)(H,37,41)(H,38,42)(H,43,44)/t23-/m0/s1. The zero-order valence-corrected chi connectivity index (χ0v) is 27.6. The molecule has 0 fully saturated rings. The third kappa shape index (κ3) is 10.9. The van der Waals surface area contributed by atoms with E-state index in [2.05, 4.69) is 26.6 Å². The smallest absolute Gasteiger partial charge is 0.408 e. The Balaban J connectivity index is 2.11. The normalized spacial score (nSPS) is 12.6. The number of aliphatic carboxylic acids is 1. The van der Waals surface area contributed by atoms with Gasteiger partial charge in [-0.1, -0.05) is 60.7 Å². The van der Waals surface area contributed by atoms with Gasteiger partial charge in [0, 0.05) is 6.42 Å². The quantitative estimate of drug-likeness (QED) is 0.181. The first kappa shape index (κ1) is 37.2. The maximum absolute atomic E-state index is 13.5. The molecule has 0 bridgehead atoms. The molecule has 1 atom stereocenters. The van der Waals surface area contributed by atoms with Gasteiger partial charge in [-0.2, -0.15) is 0 Å². The molecule has 0 aliphatic carbocycles. The van der Waals surface area contributed by atoms with Crippen LogP contribution in [0.5, 0.6) is 0 Å². The summed E-state index contributed by atoms with van der Waals surface area (Å²) in [5.41, 5.74) is -4.74. The molecule has 13 nitrogen and oxygen atoms in total. The van der Waals surface area contributed by atoms with Gasteiger partial charge in [0.05, 0.1) is 0 Å². The van der Waals surface area contributed by atoms with Crippen LogP contribution in [0.4, 0.5) is 4.79 Å². The van der Waals surface area contributed by atoms with Crippen LogP contribution in [0.2, 0.25) is 0 Å². The van der Waals surface area contributed by atoms with E-state index in [-0.39, 0.29) is 13.0 Å². The summed E-state index contributed by atoms with van der Waals surface area (Å²) in [5, 5.41) is 22.0. The number of hydrogen-bond acceptors (Lipinski definition) is 7. The van der Waals surface area contributed by atoms with Crippen LogP contribution < -0.4 is 26.6 Å². The van der Waals surface area contributed by atoms with E-state index in [4.69, 9.17) is 4.74 Å². The summed E-state index contributed by atoms with van der Waals surface area (Å²) in [6, 6.07) is 16.9. The van der Waals surface area contributed by atoms with E-state index in [1.54, 1.807) is 48.5 Å². The molecule has 0 spiro atoms. The summed E-state index contributed by atoms with van der Waals surface area (Å²) < 4.78 is 5.30. The van der Waals surface area contributed by atoms with E-state index < -0.39 is 63.9 Å². The van der Waals surface area contributed by atoms with Crippen molar-refractivity contribution < 1.29 is 38.6 Å². The number of ether oxygens (including phenoxy) is 1. The molecule has 46 heavy (non-hydrogen) atoms. The van der Waals surface area contributed by atoms with Gasteiger partial charge in [0.1, 0.15) is 34.8 Å². The van der Waals surface area contributed by atoms with Gasteiger partial charge in [-0.25, -0.2) is 9.59 Å². The second kappa shape index (κ2) is 14.9. The lowest BCUT2D eigenvalue weighted by atomic mass is 9.95. The Labute approximate surface area is 269 Å². The highest BCUT2D eigenvalue weighted by Gasteiger charge is 2.42. The average molecular weight is 640 g/mol. The van der Waals surface area contributed by atoms with Gasteiger partial charge in [0.2, 0.25) is 23.6 Å². The van der Waals surface area contributed by atoms with E-state index in [0.717, 1.165) is 11.1 Å². The predicted octanol–water partition coefficient (Wildman–Crippen LogP) is 2.19. The molecule has 250 valence electrons. The Morgan fingerprint density at radius 1 is 0.609 bits per heavy atom. The van der Waals surface area contributed by atoms with Gasteiger partial charge in [0.15, 0.2) is 0 Å². The van der Waals surface area contributed by atoms with Gasteiger partial charge in [0.25, 0.3) is 0 Å². The summed E-state index contributed by atoms with van der Waals surface area (Å²) in [6.45, 7) is 11.1. The fourth-order valence-corrected chi connectivity index (χ4v) is 3.91. The van der Waals surface area contributed by atoms with Crippen LogP contribution in [0.15, 0.2) is 60.7 Å². The zero-order valence-electron chi connectivity index (χ0n) is 27.6. The molecule has 2 aromatic rings. The lowest BCUT2D eigenvalue weighted by Gasteiger charge is -2.35. The monoisotopic (exact) mass is 639 g/mol. The van der Waals surface area contributed by atoms with Crippen LogP contribution in [0.3, 0.4) is 0 Å². The summed E-state index contributed by atoms with van der Waals surface area (Å²) in [4.78, 5) is 76.9. The van der Waals surface area contributed by atoms with Crippen LogP contribution >= 0.6 is 0 Å². The Hall–Kier alpha value is -4.94. The number of benzene rings is 2. The molecule has 13 heteroatoms. The minimum Gasteiger partial charge on any atom is -0.480 e. The van der Waals surface area contributed by atoms with Crippen LogP contribution in [0.25, 0.3) is 0 Å². The SMILES string of the molecule is CC(C)(NC(=O)C(C)(C)NC(=O)C(C)(C)NC(=O)C(C)(C)NC(=O)[C@H](Cc1ccccc1)NC(=O)OCc1ccccc1)C(=O)O. The fourth-order valence-electron chi connectivity index (χ4n) is 3.91. The highest BCUT2D eigenvalue weighted by molar-refractivity contribution is 5.99. The molecule has 5 amide bonds. The van der Waals surface area contributed by atoms with Crippen molar-refractivity contribution in [1.82, 2.24) is 26.6 Å². The minimum absolute atomic E-state index is 0.00677. The fraction of sp³-hybridized carbons (Fsp3) is 0.455. The van der Waals surface area contributed by atoms with E-state index in [0.29, 0.717) is 0 Å². The van der Waals surface area contributed by atoms with Crippen molar-refractivity contribution in [1.29, 1.82) is 0 Å².